The molecule has 3 saturated heterocycles. The molecule has 8 heteroatoms. The third-order valence-electron chi connectivity index (χ3n) is 4.09. The molecule has 3 aliphatic heterocycles. The van der Waals surface area contributed by atoms with Crippen molar-refractivity contribution in [1.82, 2.24) is 4.90 Å². The highest BCUT2D eigenvalue weighted by molar-refractivity contribution is 9.09. The van der Waals surface area contributed by atoms with Gasteiger partial charge in [-0.3, -0.25) is 4.90 Å². The van der Waals surface area contributed by atoms with Crippen LogP contribution in [0.2, 0.25) is 0 Å². The summed E-state index contributed by atoms with van der Waals surface area (Å²) < 4.78 is 28.6. The fourth-order valence-corrected chi connectivity index (χ4v) is 3.41. The number of fused-ring (bicyclic) bond motifs is 1. The molecular formula is C14H22BrNO6. The highest BCUT2D eigenvalue weighted by atomic mass is 79.9. The first-order chi connectivity index (χ1) is 10.5. The minimum atomic E-state index is -0.696. The SMILES string of the molecule is CC1(C)O[C@@H]2[C@H](O1)[C@H](N1CCOC1=O)CO[C@@H]2COCCBr. The summed E-state index contributed by atoms with van der Waals surface area (Å²) in [7, 11) is 0. The van der Waals surface area contributed by atoms with Gasteiger partial charge < -0.3 is 23.7 Å². The number of carbonyl (C=O) groups is 1. The lowest BCUT2D eigenvalue weighted by Gasteiger charge is -2.39. The molecule has 0 N–H and O–H groups in total. The van der Waals surface area contributed by atoms with Gasteiger partial charge in [0.1, 0.15) is 24.9 Å². The van der Waals surface area contributed by atoms with Crippen LogP contribution in [0, 0.1) is 0 Å². The van der Waals surface area contributed by atoms with E-state index in [2.05, 4.69) is 15.9 Å². The minimum Gasteiger partial charge on any atom is -0.448 e. The van der Waals surface area contributed by atoms with E-state index in [0.717, 1.165) is 5.33 Å². The maximum absolute atomic E-state index is 11.8. The number of halogens is 1. The summed E-state index contributed by atoms with van der Waals surface area (Å²) in [4.78, 5) is 13.5. The second-order valence-corrected chi connectivity index (χ2v) is 6.87. The van der Waals surface area contributed by atoms with E-state index < -0.39 is 5.79 Å². The molecule has 0 bridgehead atoms. The van der Waals surface area contributed by atoms with E-state index in [-0.39, 0.29) is 30.4 Å². The first-order valence-electron chi connectivity index (χ1n) is 7.56. The van der Waals surface area contributed by atoms with Crippen molar-refractivity contribution in [3.8, 4) is 0 Å². The van der Waals surface area contributed by atoms with E-state index in [1.54, 1.807) is 4.90 Å². The first kappa shape index (κ1) is 16.4. The topological polar surface area (TPSA) is 66.5 Å². The van der Waals surface area contributed by atoms with E-state index >= 15 is 0 Å². The molecule has 1 amide bonds. The Morgan fingerprint density at radius 2 is 2.14 bits per heavy atom. The molecule has 0 unspecified atom stereocenters. The molecule has 0 radical (unpaired) electrons. The normalized spacial score (nSPS) is 37.2. The molecule has 7 nitrogen and oxygen atoms in total. The van der Waals surface area contributed by atoms with Crippen molar-refractivity contribution >= 4 is 22.0 Å². The van der Waals surface area contributed by atoms with Crippen LogP contribution in [0.3, 0.4) is 0 Å². The van der Waals surface area contributed by atoms with Crippen LogP contribution < -0.4 is 0 Å². The fraction of sp³-hybridized carbons (Fsp3) is 0.929. The summed E-state index contributed by atoms with van der Waals surface area (Å²) in [5, 5.41) is 0.777. The van der Waals surface area contributed by atoms with Crippen molar-refractivity contribution < 1.29 is 28.5 Å². The van der Waals surface area contributed by atoms with E-state index in [4.69, 9.17) is 23.7 Å². The van der Waals surface area contributed by atoms with Crippen molar-refractivity contribution in [2.24, 2.45) is 0 Å². The van der Waals surface area contributed by atoms with Crippen LogP contribution in [0.1, 0.15) is 13.8 Å². The number of hydrogen-bond acceptors (Lipinski definition) is 6. The zero-order valence-corrected chi connectivity index (χ0v) is 14.4. The van der Waals surface area contributed by atoms with E-state index in [1.165, 1.54) is 0 Å². The number of nitrogens with zero attached hydrogens (tertiary/aromatic N) is 1. The number of carbonyl (C=O) groups excluding carboxylic acids is 1. The second kappa shape index (κ2) is 6.60. The average molecular weight is 380 g/mol. The number of rotatable bonds is 5. The number of ether oxygens (including phenoxy) is 5. The maximum Gasteiger partial charge on any atom is 0.410 e. The largest absolute Gasteiger partial charge is 0.448 e. The molecule has 3 rings (SSSR count). The quantitative estimate of drug-likeness (QED) is 0.527. The molecule has 3 heterocycles. The molecule has 0 aromatic heterocycles. The lowest BCUT2D eigenvalue weighted by molar-refractivity contribution is -0.160. The van der Waals surface area contributed by atoms with Crippen LogP contribution in [0.25, 0.3) is 0 Å². The second-order valence-electron chi connectivity index (χ2n) is 6.08. The van der Waals surface area contributed by atoms with Gasteiger partial charge in [-0.05, 0) is 13.8 Å². The van der Waals surface area contributed by atoms with Crippen LogP contribution in [0.4, 0.5) is 4.79 Å². The lowest BCUT2D eigenvalue weighted by atomic mass is 9.97. The summed E-state index contributed by atoms with van der Waals surface area (Å²) >= 11 is 3.33. The lowest BCUT2D eigenvalue weighted by Crippen LogP contribution is -2.59. The summed E-state index contributed by atoms with van der Waals surface area (Å²) in [5.41, 5.74) is 0. The molecular weight excluding hydrogens is 358 g/mol. The van der Waals surface area contributed by atoms with Crippen LogP contribution in [-0.4, -0.2) is 79.4 Å². The van der Waals surface area contributed by atoms with Crippen LogP contribution in [0.5, 0.6) is 0 Å². The monoisotopic (exact) mass is 379 g/mol. The number of alkyl halides is 1. The Balaban J connectivity index is 1.71. The van der Waals surface area contributed by atoms with Crippen molar-refractivity contribution in [3.63, 3.8) is 0 Å². The summed E-state index contributed by atoms with van der Waals surface area (Å²) in [6, 6.07) is -0.186. The van der Waals surface area contributed by atoms with Gasteiger partial charge in [-0.15, -0.1) is 0 Å². The summed E-state index contributed by atoms with van der Waals surface area (Å²) in [5.74, 6) is -0.696. The Bertz CT molecular complexity index is 420. The van der Waals surface area contributed by atoms with Gasteiger partial charge in [0.15, 0.2) is 5.79 Å². The smallest absolute Gasteiger partial charge is 0.410 e. The molecule has 0 aliphatic carbocycles. The highest BCUT2D eigenvalue weighted by Gasteiger charge is 2.54. The number of amides is 1. The Morgan fingerprint density at radius 1 is 1.36 bits per heavy atom. The molecule has 0 aromatic carbocycles. The molecule has 0 saturated carbocycles. The number of cyclic esters (lactones) is 1. The molecule has 0 spiro atoms. The first-order valence-corrected chi connectivity index (χ1v) is 8.68. The molecule has 3 aliphatic rings. The van der Waals surface area contributed by atoms with E-state index in [1.807, 2.05) is 13.8 Å². The zero-order chi connectivity index (χ0) is 15.7. The number of hydrogen-bond donors (Lipinski definition) is 0. The molecule has 126 valence electrons. The van der Waals surface area contributed by atoms with Crippen molar-refractivity contribution in [3.05, 3.63) is 0 Å². The van der Waals surface area contributed by atoms with E-state index in [0.29, 0.717) is 33.0 Å². The van der Waals surface area contributed by atoms with Crippen molar-refractivity contribution in [1.29, 1.82) is 0 Å². The van der Waals surface area contributed by atoms with Gasteiger partial charge in [-0.2, -0.15) is 0 Å². The van der Waals surface area contributed by atoms with Gasteiger partial charge in [0, 0.05) is 5.33 Å². The van der Waals surface area contributed by atoms with Crippen LogP contribution in [-0.2, 0) is 23.7 Å². The Morgan fingerprint density at radius 3 is 2.82 bits per heavy atom. The van der Waals surface area contributed by atoms with E-state index in [9.17, 15) is 4.79 Å². The summed E-state index contributed by atoms with van der Waals surface area (Å²) in [6.45, 7) is 6.19. The van der Waals surface area contributed by atoms with Crippen molar-refractivity contribution in [2.75, 3.05) is 38.3 Å². The van der Waals surface area contributed by atoms with Gasteiger partial charge in [0.25, 0.3) is 0 Å². The van der Waals surface area contributed by atoms with Gasteiger partial charge in [0.05, 0.1) is 32.4 Å². The van der Waals surface area contributed by atoms with Crippen LogP contribution >= 0.6 is 15.9 Å². The molecule has 22 heavy (non-hydrogen) atoms. The standard InChI is InChI=1S/C14H22BrNO6/c1-14(2)21-11-9(16-4-6-19-13(16)17)7-20-10(12(11)22-14)8-18-5-3-15/h9-12H,3-8H2,1-2H3/t9-,10-,11-,12+/m1/s1. The minimum absolute atomic E-state index is 0.186. The molecule has 3 fully saturated rings. The molecule has 4 atom stereocenters. The third kappa shape index (κ3) is 3.26. The summed E-state index contributed by atoms with van der Waals surface area (Å²) in [6.07, 6.45) is -0.986. The van der Waals surface area contributed by atoms with Gasteiger partial charge in [-0.1, -0.05) is 15.9 Å². The molecule has 0 aromatic rings. The third-order valence-corrected chi connectivity index (χ3v) is 4.41. The van der Waals surface area contributed by atoms with Gasteiger partial charge in [0.2, 0.25) is 0 Å². The van der Waals surface area contributed by atoms with Crippen molar-refractivity contribution in [2.45, 2.75) is 44.0 Å². The highest BCUT2D eigenvalue weighted by Crippen LogP contribution is 2.37. The maximum atomic E-state index is 11.8. The average Bonchev–Trinajstić information content (AvgIpc) is 3.01. The fourth-order valence-electron chi connectivity index (χ4n) is 3.19. The Hall–Kier alpha value is -0.410. The predicted octanol–water partition coefficient (Wildman–Crippen LogP) is 1.14. The predicted molar refractivity (Wildman–Crippen MR) is 80.0 cm³/mol. The van der Waals surface area contributed by atoms with Gasteiger partial charge >= 0.3 is 6.09 Å². The Labute approximate surface area is 138 Å². The Kier molecular flexibility index (Phi) is 4.94. The van der Waals surface area contributed by atoms with Crippen LogP contribution in [0.15, 0.2) is 0 Å². The van der Waals surface area contributed by atoms with Gasteiger partial charge in [-0.25, -0.2) is 4.79 Å². The zero-order valence-electron chi connectivity index (χ0n) is 12.8.